The van der Waals surface area contributed by atoms with Crippen molar-refractivity contribution < 1.29 is 9.21 Å². The van der Waals surface area contributed by atoms with E-state index in [9.17, 15) is 4.79 Å². The Hall–Kier alpha value is -2.69. The molecule has 3 rings (SSSR count). The van der Waals surface area contributed by atoms with Crippen LogP contribution in [0.2, 0.25) is 0 Å². The number of imidazole rings is 1. The summed E-state index contributed by atoms with van der Waals surface area (Å²) in [7, 11) is 0. The van der Waals surface area contributed by atoms with Gasteiger partial charge < -0.3 is 4.42 Å². The van der Waals surface area contributed by atoms with E-state index in [1.807, 2.05) is 12.1 Å². The molecule has 0 aromatic carbocycles. The lowest BCUT2D eigenvalue weighted by Gasteiger charge is -2.04. The van der Waals surface area contributed by atoms with Gasteiger partial charge in [-0.05, 0) is 24.3 Å². The molecular weight excluding hydrogens is 230 g/mol. The lowest BCUT2D eigenvalue weighted by Crippen LogP contribution is -2.10. The SMILES string of the molecule is O=C(c1ccco1)c1nccn1-c1ccccn1. The first-order valence-corrected chi connectivity index (χ1v) is 5.39. The maximum atomic E-state index is 12.2. The highest BCUT2D eigenvalue weighted by Gasteiger charge is 2.18. The lowest BCUT2D eigenvalue weighted by atomic mass is 10.3. The number of hydrogen-bond acceptors (Lipinski definition) is 4. The van der Waals surface area contributed by atoms with Crippen LogP contribution in [0.4, 0.5) is 0 Å². The number of aromatic nitrogens is 3. The smallest absolute Gasteiger partial charge is 0.263 e. The second-order valence-electron chi connectivity index (χ2n) is 3.62. The van der Waals surface area contributed by atoms with Crippen LogP contribution >= 0.6 is 0 Å². The Labute approximate surface area is 103 Å². The zero-order valence-electron chi connectivity index (χ0n) is 9.35. The first-order chi connectivity index (χ1) is 8.86. The van der Waals surface area contributed by atoms with Crippen LogP contribution < -0.4 is 0 Å². The molecule has 0 aliphatic heterocycles. The Balaban J connectivity index is 2.05. The van der Waals surface area contributed by atoms with Gasteiger partial charge in [-0.1, -0.05) is 6.07 Å². The summed E-state index contributed by atoms with van der Waals surface area (Å²) >= 11 is 0. The van der Waals surface area contributed by atoms with E-state index in [1.54, 1.807) is 41.4 Å². The van der Waals surface area contributed by atoms with Crippen molar-refractivity contribution in [3.63, 3.8) is 0 Å². The summed E-state index contributed by atoms with van der Waals surface area (Å²) in [5.41, 5.74) is 0. The molecule has 0 radical (unpaired) electrons. The van der Waals surface area contributed by atoms with E-state index in [-0.39, 0.29) is 17.4 Å². The maximum absolute atomic E-state index is 12.2. The van der Waals surface area contributed by atoms with E-state index in [0.717, 1.165) is 0 Å². The lowest BCUT2D eigenvalue weighted by molar-refractivity contribution is 0.0998. The van der Waals surface area contributed by atoms with Gasteiger partial charge in [0.05, 0.1) is 6.26 Å². The van der Waals surface area contributed by atoms with Crippen LogP contribution in [-0.2, 0) is 0 Å². The minimum absolute atomic E-state index is 0.262. The van der Waals surface area contributed by atoms with E-state index in [2.05, 4.69) is 9.97 Å². The standard InChI is InChI=1S/C13H9N3O2/c17-12(10-4-3-9-18-10)13-15-7-8-16(13)11-5-1-2-6-14-11/h1-9H. The van der Waals surface area contributed by atoms with Crippen molar-refractivity contribution in [1.29, 1.82) is 0 Å². The Bertz CT molecular complexity index is 657. The normalized spacial score (nSPS) is 10.4. The monoisotopic (exact) mass is 239 g/mol. The number of furan rings is 1. The Kier molecular flexibility index (Phi) is 2.49. The summed E-state index contributed by atoms with van der Waals surface area (Å²) in [6, 6.07) is 8.75. The van der Waals surface area contributed by atoms with Crippen LogP contribution in [0, 0.1) is 0 Å². The largest absolute Gasteiger partial charge is 0.461 e. The first-order valence-electron chi connectivity index (χ1n) is 5.39. The zero-order chi connectivity index (χ0) is 12.4. The van der Waals surface area contributed by atoms with Crippen molar-refractivity contribution in [1.82, 2.24) is 14.5 Å². The van der Waals surface area contributed by atoms with Crippen LogP contribution in [-0.4, -0.2) is 20.3 Å². The van der Waals surface area contributed by atoms with Crippen LogP contribution in [0.1, 0.15) is 16.4 Å². The van der Waals surface area contributed by atoms with Crippen molar-refractivity contribution >= 4 is 5.78 Å². The van der Waals surface area contributed by atoms with Gasteiger partial charge in [0, 0.05) is 18.6 Å². The fourth-order valence-electron chi connectivity index (χ4n) is 1.67. The molecule has 0 atom stereocenters. The Morgan fingerprint density at radius 1 is 1.11 bits per heavy atom. The van der Waals surface area contributed by atoms with Crippen molar-refractivity contribution in [3.05, 3.63) is 66.8 Å². The minimum Gasteiger partial charge on any atom is -0.461 e. The average molecular weight is 239 g/mol. The van der Waals surface area contributed by atoms with E-state index >= 15 is 0 Å². The summed E-state index contributed by atoms with van der Waals surface area (Å²) in [4.78, 5) is 20.4. The van der Waals surface area contributed by atoms with Crippen molar-refractivity contribution in [2.75, 3.05) is 0 Å². The molecule has 3 heterocycles. The molecule has 0 spiro atoms. The first kappa shape index (κ1) is 10.5. The number of hydrogen-bond donors (Lipinski definition) is 0. The van der Waals surface area contributed by atoms with Gasteiger partial charge in [-0.2, -0.15) is 0 Å². The number of nitrogens with zero attached hydrogens (tertiary/aromatic N) is 3. The van der Waals surface area contributed by atoms with Crippen molar-refractivity contribution in [2.45, 2.75) is 0 Å². The van der Waals surface area contributed by atoms with Crippen molar-refractivity contribution in [3.8, 4) is 5.82 Å². The van der Waals surface area contributed by atoms with Crippen LogP contribution in [0.5, 0.6) is 0 Å². The highest BCUT2D eigenvalue weighted by molar-refractivity contribution is 6.04. The number of ketones is 1. The summed E-state index contributed by atoms with van der Waals surface area (Å²) in [5.74, 6) is 0.919. The third kappa shape index (κ3) is 1.71. The molecule has 3 aromatic heterocycles. The molecule has 0 saturated heterocycles. The molecule has 0 aliphatic rings. The average Bonchev–Trinajstić information content (AvgIpc) is 3.10. The maximum Gasteiger partial charge on any atom is 0.263 e. The summed E-state index contributed by atoms with van der Waals surface area (Å²) in [6.07, 6.45) is 6.38. The third-order valence-electron chi connectivity index (χ3n) is 2.48. The molecule has 3 aromatic rings. The van der Waals surface area contributed by atoms with Crippen LogP contribution in [0.15, 0.2) is 59.6 Å². The van der Waals surface area contributed by atoms with Gasteiger partial charge in [0.2, 0.25) is 0 Å². The fourth-order valence-corrected chi connectivity index (χ4v) is 1.67. The second kappa shape index (κ2) is 4.29. The van der Waals surface area contributed by atoms with E-state index in [0.29, 0.717) is 5.82 Å². The van der Waals surface area contributed by atoms with Gasteiger partial charge in [-0.3, -0.25) is 9.36 Å². The van der Waals surface area contributed by atoms with Gasteiger partial charge >= 0.3 is 0 Å². The molecule has 0 unspecified atom stereocenters. The molecule has 0 saturated carbocycles. The van der Waals surface area contributed by atoms with Gasteiger partial charge in [0.25, 0.3) is 5.78 Å². The highest BCUT2D eigenvalue weighted by atomic mass is 16.3. The Morgan fingerprint density at radius 2 is 2.06 bits per heavy atom. The molecule has 5 heteroatoms. The summed E-state index contributed by atoms with van der Waals surface area (Å²) < 4.78 is 6.72. The molecule has 0 fully saturated rings. The molecule has 0 N–H and O–H groups in total. The summed E-state index contributed by atoms with van der Waals surface area (Å²) in [6.45, 7) is 0. The van der Waals surface area contributed by atoms with E-state index in [1.165, 1.54) is 6.26 Å². The van der Waals surface area contributed by atoms with Crippen LogP contribution in [0.25, 0.3) is 5.82 Å². The van der Waals surface area contributed by atoms with Crippen LogP contribution in [0.3, 0.4) is 0 Å². The predicted molar refractivity (Wildman–Crippen MR) is 63.5 cm³/mol. The number of pyridine rings is 1. The quantitative estimate of drug-likeness (QED) is 0.656. The number of carbonyl (C=O) groups is 1. The topological polar surface area (TPSA) is 60.9 Å². The Morgan fingerprint density at radius 3 is 2.78 bits per heavy atom. The van der Waals surface area contributed by atoms with Gasteiger partial charge in [0.1, 0.15) is 5.82 Å². The van der Waals surface area contributed by atoms with E-state index < -0.39 is 0 Å². The zero-order valence-corrected chi connectivity index (χ0v) is 9.35. The number of carbonyl (C=O) groups excluding carboxylic acids is 1. The third-order valence-corrected chi connectivity index (χ3v) is 2.48. The molecule has 0 bridgehead atoms. The molecule has 0 aliphatic carbocycles. The second-order valence-corrected chi connectivity index (χ2v) is 3.62. The van der Waals surface area contributed by atoms with Gasteiger partial charge in [0.15, 0.2) is 11.6 Å². The summed E-state index contributed by atoms with van der Waals surface area (Å²) in [5, 5.41) is 0. The fraction of sp³-hybridized carbons (Fsp3) is 0. The molecule has 88 valence electrons. The highest BCUT2D eigenvalue weighted by Crippen LogP contribution is 2.12. The van der Waals surface area contributed by atoms with E-state index in [4.69, 9.17) is 4.42 Å². The molecular formula is C13H9N3O2. The van der Waals surface area contributed by atoms with Gasteiger partial charge in [-0.25, -0.2) is 9.97 Å². The van der Waals surface area contributed by atoms with Gasteiger partial charge in [-0.15, -0.1) is 0 Å². The minimum atomic E-state index is -0.268. The molecule has 0 amide bonds. The molecule has 5 nitrogen and oxygen atoms in total. The molecule has 18 heavy (non-hydrogen) atoms. The predicted octanol–water partition coefficient (Wildman–Crippen LogP) is 2.09. The van der Waals surface area contributed by atoms with Crippen molar-refractivity contribution in [2.24, 2.45) is 0 Å². The number of rotatable bonds is 3.